The summed E-state index contributed by atoms with van der Waals surface area (Å²) < 4.78 is 0.807. The number of alkyl halides is 2. The lowest BCUT2D eigenvalue weighted by Crippen LogP contribution is -2.33. The summed E-state index contributed by atoms with van der Waals surface area (Å²) in [5.74, 6) is 0.535. The molecular formula is C9H12Cl2N4O. The van der Waals surface area contributed by atoms with E-state index in [0.717, 1.165) is 0 Å². The van der Waals surface area contributed by atoms with Crippen LogP contribution in [0.5, 0.6) is 0 Å². The van der Waals surface area contributed by atoms with Gasteiger partial charge in [0.2, 0.25) is 5.91 Å². The third kappa shape index (κ3) is 1.78. The molecule has 7 heteroatoms. The van der Waals surface area contributed by atoms with Crippen LogP contribution in [0.2, 0.25) is 0 Å². The summed E-state index contributed by atoms with van der Waals surface area (Å²) >= 11 is 11.8. The second-order valence-electron chi connectivity index (χ2n) is 4.25. The highest BCUT2D eigenvalue weighted by atomic mass is 35.5. The number of carbonyl (C=O) groups excluding carboxylic acids is 1. The maximum Gasteiger partial charge on any atom is 0.229 e. The number of carbonyl (C=O) groups is 1. The molecule has 1 aromatic heterocycles. The van der Waals surface area contributed by atoms with Crippen LogP contribution < -0.4 is 5.32 Å². The highest BCUT2D eigenvalue weighted by Gasteiger charge is 2.67. The Morgan fingerprint density at radius 1 is 1.69 bits per heavy atom. The van der Waals surface area contributed by atoms with Crippen molar-refractivity contribution < 1.29 is 4.79 Å². The van der Waals surface area contributed by atoms with Gasteiger partial charge in [-0.1, -0.05) is 0 Å². The van der Waals surface area contributed by atoms with Crippen molar-refractivity contribution in [3.05, 3.63) is 12.2 Å². The van der Waals surface area contributed by atoms with Crippen LogP contribution in [-0.2, 0) is 18.4 Å². The molecule has 0 unspecified atom stereocenters. The fourth-order valence-electron chi connectivity index (χ4n) is 1.47. The second-order valence-corrected chi connectivity index (χ2v) is 5.74. The first-order valence-electron chi connectivity index (χ1n) is 4.86. The molecule has 1 N–H and O–H groups in total. The molecule has 0 saturated heterocycles. The van der Waals surface area contributed by atoms with Gasteiger partial charge in [-0.25, -0.2) is 0 Å². The van der Waals surface area contributed by atoms with E-state index < -0.39 is 9.75 Å². The van der Waals surface area contributed by atoms with Gasteiger partial charge in [0, 0.05) is 7.05 Å². The minimum atomic E-state index is -0.934. The highest BCUT2D eigenvalue weighted by molar-refractivity contribution is 6.53. The van der Waals surface area contributed by atoms with Gasteiger partial charge in [-0.2, -0.15) is 0 Å². The maximum atomic E-state index is 11.8. The van der Waals surface area contributed by atoms with E-state index in [0.29, 0.717) is 18.8 Å². The molecule has 0 radical (unpaired) electrons. The zero-order valence-electron chi connectivity index (χ0n) is 9.00. The smallest absolute Gasteiger partial charge is 0.229 e. The number of amides is 1. The molecule has 1 heterocycles. The number of nitrogens with zero attached hydrogens (tertiary/aromatic N) is 3. The van der Waals surface area contributed by atoms with E-state index >= 15 is 0 Å². The number of aromatic nitrogens is 3. The number of nitrogens with one attached hydrogen (secondary N) is 1. The fourth-order valence-corrected chi connectivity index (χ4v) is 2.17. The van der Waals surface area contributed by atoms with Crippen molar-refractivity contribution in [2.24, 2.45) is 12.5 Å². The monoisotopic (exact) mass is 262 g/mol. The van der Waals surface area contributed by atoms with Crippen LogP contribution in [-0.4, -0.2) is 25.0 Å². The lowest BCUT2D eigenvalue weighted by molar-refractivity contribution is -0.126. The van der Waals surface area contributed by atoms with Crippen molar-refractivity contribution in [2.75, 3.05) is 0 Å². The Balaban J connectivity index is 1.93. The van der Waals surface area contributed by atoms with Gasteiger partial charge in [-0.05, 0) is 13.3 Å². The van der Waals surface area contributed by atoms with E-state index in [2.05, 4.69) is 15.5 Å². The summed E-state index contributed by atoms with van der Waals surface area (Å²) in [7, 11) is 1.81. The molecule has 1 fully saturated rings. The standard InChI is InChI=1S/C9H12Cl2N4O/c1-8(4-9(8,10)11)7(16)12-3-6-14-13-5-15(6)2/h5H,3-4H2,1-2H3,(H,12,16)/t8-/m1/s1. The van der Waals surface area contributed by atoms with Gasteiger partial charge in [0.15, 0.2) is 5.82 Å². The molecule has 0 spiro atoms. The summed E-state index contributed by atoms with van der Waals surface area (Å²) in [6.45, 7) is 2.08. The SMILES string of the molecule is Cn1cnnc1CNC(=O)[C@@]1(C)CC1(Cl)Cl. The molecule has 0 bridgehead atoms. The largest absolute Gasteiger partial charge is 0.348 e. The van der Waals surface area contributed by atoms with Crippen LogP contribution in [0.4, 0.5) is 0 Å². The highest BCUT2D eigenvalue weighted by Crippen LogP contribution is 2.63. The molecule has 1 amide bonds. The fraction of sp³-hybridized carbons (Fsp3) is 0.667. The molecule has 88 valence electrons. The molecule has 0 aliphatic heterocycles. The zero-order valence-corrected chi connectivity index (χ0v) is 10.5. The third-order valence-corrected chi connectivity index (χ3v) is 4.07. The minimum absolute atomic E-state index is 0.152. The van der Waals surface area contributed by atoms with Crippen molar-refractivity contribution in [3.8, 4) is 0 Å². The number of hydrogen-bond acceptors (Lipinski definition) is 3. The van der Waals surface area contributed by atoms with Crippen molar-refractivity contribution in [2.45, 2.75) is 24.2 Å². The number of halogens is 2. The number of aryl methyl sites for hydroxylation is 1. The van der Waals surface area contributed by atoms with E-state index in [9.17, 15) is 4.79 Å². The zero-order chi connectivity index (χ0) is 12.0. The van der Waals surface area contributed by atoms with Gasteiger partial charge in [-0.15, -0.1) is 33.4 Å². The quantitative estimate of drug-likeness (QED) is 0.828. The second kappa shape index (κ2) is 3.60. The van der Waals surface area contributed by atoms with Crippen molar-refractivity contribution in [3.63, 3.8) is 0 Å². The first kappa shape index (κ1) is 11.7. The summed E-state index contributed by atoms with van der Waals surface area (Å²) in [6.07, 6.45) is 2.06. The van der Waals surface area contributed by atoms with Crippen LogP contribution in [0.1, 0.15) is 19.2 Å². The normalized spacial score (nSPS) is 26.5. The molecule has 1 saturated carbocycles. The van der Waals surface area contributed by atoms with E-state index in [4.69, 9.17) is 23.2 Å². The number of hydrogen-bond donors (Lipinski definition) is 1. The van der Waals surface area contributed by atoms with Gasteiger partial charge in [0.25, 0.3) is 0 Å². The third-order valence-electron chi connectivity index (χ3n) is 2.97. The number of rotatable bonds is 3. The van der Waals surface area contributed by atoms with Crippen LogP contribution in [0, 0.1) is 5.41 Å². The Bertz CT molecular complexity index is 431. The van der Waals surface area contributed by atoms with Crippen LogP contribution >= 0.6 is 23.2 Å². The lowest BCUT2D eigenvalue weighted by Gasteiger charge is -2.11. The molecule has 1 atom stereocenters. The lowest BCUT2D eigenvalue weighted by atomic mass is 10.1. The van der Waals surface area contributed by atoms with Crippen molar-refractivity contribution in [1.29, 1.82) is 0 Å². The summed E-state index contributed by atoms with van der Waals surface area (Å²) in [6, 6.07) is 0. The Kier molecular flexibility index (Phi) is 2.62. The van der Waals surface area contributed by atoms with E-state index in [1.54, 1.807) is 17.8 Å². The predicted octanol–water partition coefficient (Wildman–Crippen LogP) is 1.02. The van der Waals surface area contributed by atoms with E-state index in [1.165, 1.54) is 0 Å². The van der Waals surface area contributed by atoms with Gasteiger partial charge in [-0.3, -0.25) is 4.79 Å². The molecule has 5 nitrogen and oxygen atoms in total. The van der Waals surface area contributed by atoms with Crippen molar-refractivity contribution >= 4 is 29.1 Å². The molecule has 16 heavy (non-hydrogen) atoms. The Morgan fingerprint density at radius 2 is 2.31 bits per heavy atom. The van der Waals surface area contributed by atoms with Gasteiger partial charge < -0.3 is 9.88 Å². The predicted molar refractivity (Wildman–Crippen MR) is 60.0 cm³/mol. The molecule has 1 aliphatic carbocycles. The first-order valence-corrected chi connectivity index (χ1v) is 5.61. The van der Waals surface area contributed by atoms with E-state index in [-0.39, 0.29) is 5.91 Å². The van der Waals surface area contributed by atoms with Gasteiger partial charge >= 0.3 is 0 Å². The maximum absolute atomic E-state index is 11.8. The van der Waals surface area contributed by atoms with Gasteiger partial charge in [0.1, 0.15) is 10.7 Å². The van der Waals surface area contributed by atoms with Crippen LogP contribution in [0.3, 0.4) is 0 Å². The average Bonchev–Trinajstić information content (AvgIpc) is 2.57. The van der Waals surface area contributed by atoms with Crippen LogP contribution in [0.25, 0.3) is 0 Å². The Labute approximate surface area is 103 Å². The molecule has 0 aromatic carbocycles. The summed E-state index contributed by atoms with van der Waals surface area (Å²) in [4.78, 5) is 11.8. The van der Waals surface area contributed by atoms with Gasteiger partial charge in [0.05, 0.1) is 12.0 Å². The Hall–Kier alpha value is -0.810. The summed E-state index contributed by atoms with van der Waals surface area (Å²) in [5, 5.41) is 10.3. The van der Waals surface area contributed by atoms with Crippen LogP contribution in [0.15, 0.2) is 6.33 Å². The molecule has 2 rings (SSSR count). The van der Waals surface area contributed by atoms with Crippen molar-refractivity contribution in [1.82, 2.24) is 20.1 Å². The molecule has 1 aromatic rings. The topological polar surface area (TPSA) is 59.8 Å². The Morgan fingerprint density at radius 3 is 2.75 bits per heavy atom. The van der Waals surface area contributed by atoms with E-state index in [1.807, 2.05) is 7.05 Å². The molecule has 1 aliphatic rings. The average molecular weight is 263 g/mol. The first-order chi connectivity index (χ1) is 7.37. The minimum Gasteiger partial charge on any atom is -0.348 e. The molecular weight excluding hydrogens is 251 g/mol. The summed E-state index contributed by atoms with van der Waals surface area (Å²) in [5.41, 5.74) is -0.686.